The number of pyridine rings is 1. The zero-order chi connectivity index (χ0) is 24.5. The lowest BCUT2D eigenvalue weighted by molar-refractivity contribution is -0.144. The van der Waals surface area contributed by atoms with Crippen LogP contribution in [0.15, 0.2) is 50.5 Å². The van der Waals surface area contributed by atoms with E-state index in [1.165, 1.54) is 24.3 Å². The van der Waals surface area contributed by atoms with E-state index in [0.29, 0.717) is 0 Å². The summed E-state index contributed by atoms with van der Waals surface area (Å²) in [4.78, 5) is 39.3. The number of para-hydroxylation sites is 2. The van der Waals surface area contributed by atoms with Crippen molar-refractivity contribution in [2.24, 2.45) is 7.05 Å². The summed E-state index contributed by atoms with van der Waals surface area (Å²) < 4.78 is 64.6. The summed E-state index contributed by atoms with van der Waals surface area (Å²) in [5, 5.41) is 8.78. The van der Waals surface area contributed by atoms with Crippen LogP contribution >= 0.6 is 15.9 Å². The summed E-state index contributed by atoms with van der Waals surface area (Å²) in [5.41, 5.74) is -4.47. The molecule has 1 N–H and O–H groups in total. The zero-order valence-corrected chi connectivity index (χ0v) is 18.0. The highest BCUT2D eigenvalue weighted by atomic mass is 79.9. The van der Waals surface area contributed by atoms with Crippen LogP contribution in [0.4, 0.5) is 17.6 Å². The fourth-order valence-corrected chi connectivity index (χ4v) is 3.03. The number of alkyl halides is 3. The number of halogens is 5. The summed E-state index contributed by atoms with van der Waals surface area (Å²) in [7, 11) is 0.769. The number of nitrogens with zero attached hydrogens (tertiary/aromatic N) is 3. The first kappa shape index (κ1) is 24.0. The van der Waals surface area contributed by atoms with Crippen LogP contribution in [0.3, 0.4) is 0 Å². The molecule has 2 heterocycles. The van der Waals surface area contributed by atoms with E-state index in [9.17, 15) is 31.9 Å². The number of hydrogen-bond acceptors (Lipinski definition) is 6. The number of aromatic nitrogens is 3. The first-order valence-electron chi connectivity index (χ1n) is 8.78. The van der Waals surface area contributed by atoms with E-state index < -0.39 is 47.3 Å². The molecule has 3 aromatic rings. The summed E-state index contributed by atoms with van der Waals surface area (Å²) in [6.45, 7) is -0.694. The highest BCUT2D eigenvalue weighted by Gasteiger charge is 2.35. The molecule has 0 atom stereocenters. The van der Waals surface area contributed by atoms with Crippen molar-refractivity contribution >= 4 is 21.9 Å². The minimum absolute atomic E-state index is 0.0120. The highest BCUT2D eigenvalue weighted by molar-refractivity contribution is 9.10. The molecule has 0 aliphatic rings. The van der Waals surface area contributed by atoms with Crippen LogP contribution in [-0.4, -0.2) is 31.8 Å². The molecule has 0 bridgehead atoms. The van der Waals surface area contributed by atoms with Gasteiger partial charge in [-0.2, -0.15) is 18.2 Å². The van der Waals surface area contributed by atoms with Gasteiger partial charge in [0.25, 0.3) is 5.56 Å². The average Bonchev–Trinajstić information content (AvgIpc) is 2.72. The number of carboxylic acid groups (broad SMARTS) is 1. The van der Waals surface area contributed by atoms with E-state index in [2.05, 4.69) is 20.9 Å². The van der Waals surface area contributed by atoms with Gasteiger partial charge in [-0.15, -0.1) is 0 Å². The van der Waals surface area contributed by atoms with Crippen LogP contribution in [0, 0.1) is 5.82 Å². The van der Waals surface area contributed by atoms with Gasteiger partial charge >= 0.3 is 17.8 Å². The van der Waals surface area contributed by atoms with Crippen LogP contribution in [0.5, 0.6) is 17.4 Å². The number of carboxylic acids is 1. The Hall–Kier alpha value is -3.68. The van der Waals surface area contributed by atoms with Crippen molar-refractivity contribution in [3.05, 3.63) is 73.2 Å². The molecule has 2 aromatic heterocycles. The normalized spacial score (nSPS) is 11.3. The van der Waals surface area contributed by atoms with Gasteiger partial charge in [-0.1, -0.05) is 12.1 Å². The molecule has 14 heteroatoms. The number of carbonyl (C=O) groups is 1. The molecule has 9 nitrogen and oxygen atoms in total. The van der Waals surface area contributed by atoms with Gasteiger partial charge in [-0.25, -0.2) is 18.5 Å². The van der Waals surface area contributed by atoms with Crippen LogP contribution in [0.25, 0.3) is 5.82 Å². The van der Waals surface area contributed by atoms with E-state index in [4.69, 9.17) is 14.6 Å². The maximum absolute atomic E-state index is 14.6. The van der Waals surface area contributed by atoms with Crippen molar-refractivity contribution in [3.8, 4) is 23.2 Å². The molecule has 1 aromatic carbocycles. The molecule has 33 heavy (non-hydrogen) atoms. The minimum Gasteiger partial charge on any atom is -0.479 e. The highest BCUT2D eigenvalue weighted by Crippen LogP contribution is 2.35. The molecular formula is C19H12BrF4N3O6. The maximum Gasteiger partial charge on any atom is 0.431 e. The minimum atomic E-state index is -4.99. The van der Waals surface area contributed by atoms with E-state index in [1.807, 2.05) is 0 Å². The van der Waals surface area contributed by atoms with Crippen molar-refractivity contribution in [1.29, 1.82) is 0 Å². The molecule has 0 saturated carbocycles. The lowest BCUT2D eigenvalue weighted by Crippen LogP contribution is -2.41. The third kappa shape index (κ3) is 5.05. The quantitative estimate of drug-likeness (QED) is 0.484. The maximum atomic E-state index is 14.6. The van der Waals surface area contributed by atoms with Crippen LogP contribution in [0.1, 0.15) is 5.69 Å². The largest absolute Gasteiger partial charge is 0.479 e. The Kier molecular flexibility index (Phi) is 6.58. The third-order valence-corrected chi connectivity index (χ3v) is 4.68. The molecular weight excluding hydrogens is 522 g/mol. The molecule has 0 amide bonds. The zero-order valence-electron chi connectivity index (χ0n) is 16.4. The van der Waals surface area contributed by atoms with Crippen LogP contribution < -0.4 is 20.7 Å². The fraction of sp³-hybridized carbons (Fsp3) is 0.158. The molecule has 0 unspecified atom stereocenters. The molecule has 0 fully saturated rings. The predicted octanol–water partition coefficient (Wildman–Crippen LogP) is 3.11. The number of benzene rings is 1. The standard InChI is InChI=1S/C19H12BrF4N3O6/c1-26-13(19(22,23)24)7-14(28)27(18(26)31)16-10(21)6-9(20)17(25-16)33-12-5-3-2-4-11(12)32-8-15(29)30/h2-7H,8H2,1H3,(H,29,30). The van der Waals surface area contributed by atoms with Crippen molar-refractivity contribution in [1.82, 2.24) is 14.1 Å². The summed E-state index contributed by atoms with van der Waals surface area (Å²) >= 11 is 3.01. The predicted molar refractivity (Wildman–Crippen MR) is 107 cm³/mol. The molecule has 0 radical (unpaired) electrons. The second kappa shape index (κ2) is 9.05. The Morgan fingerprint density at radius 3 is 2.42 bits per heavy atom. The van der Waals surface area contributed by atoms with Gasteiger partial charge in [0, 0.05) is 13.1 Å². The van der Waals surface area contributed by atoms with Gasteiger partial charge in [0.1, 0.15) is 5.69 Å². The first-order valence-corrected chi connectivity index (χ1v) is 9.57. The first-order chi connectivity index (χ1) is 15.4. The molecule has 0 aliphatic heterocycles. The van der Waals surface area contributed by atoms with Crippen molar-refractivity contribution < 1.29 is 36.9 Å². The lowest BCUT2D eigenvalue weighted by Gasteiger charge is -2.15. The Morgan fingerprint density at radius 1 is 1.18 bits per heavy atom. The summed E-state index contributed by atoms with van der Waals surface area (Å²) in [6, 6.07) is 6.72. The van der Waals surface area contributed by atoms with Crippen LogP contribution in [0.2, 0.25) is 0 Å². The molecule has 0 aliphatic carbocycles. The Bertz CT molecular complexity index is 1350. The topological polar surface area (TPSA) is 113 Å². The smallest absolute Gasteiger partial charge is 0.431 e. The number of ether oxygens (including phenoxy) is 2. The number of rotatable bonds is 6. The van der Waals surface area contributed by atoms with E-state index in [-0.39, 0.29) is 37.1 Å². The Morgan fingerprint density at radius 2 is 1.82 bits per heavy atom. The van der Waals surface area contributed by atoms with Gasteiger partial charge in [-0.3, -0.25) is 9.36 Å². The molecule has 3 rings (SSSR count). The van der Waals surface area contributed by atoms with Gasteiger partial charge < -0.3 is 14.6 Å². The fourth-order valence-electron chi connectivity index (χ4n) is 2.66. The van der Waals surface area contributed by atoms with Gasteiger partial charge in [0.15, 0.2) is 29.7 Å². The second-order valence-corrected chi connectivity index (χ2v) is 7.21. The molecule has 174 valence electrons. The van der Waals surface area contributed by atoms with E-state index >= 15 is 0 Å². The molecule has 0 saturated heterocycles. The molecule has 0 spiro atoms. The summed E-state index contributed by atoms with van der Waals surface area (Å²) in [6.07, 6.45) is -4.99. The van der Waals surface area contributed by atoms with Gasteiger partial charge in [-0.05, 0) is 34.1 Å². The van der Waals surface area contributed by atoms with E-state index in [0.717, 1.165) is 13.1 Å². The van der Waals surface area contributed by atoms with E-state index in [1.54, 1.807) is 0 Å². The lowest BCUT2D eigenvalue weighted by atomic mass is 10.3. The monoisotopic (exact) mass is 533 g/mol. The summed E-state index contributed by atoms with van der Waals surface area (Å²) in [5.74, 6) is -3.81. The van der Waals surface area contributed by atoms with Crippen LogP contribution in [-0.2, 0) is 18.0 Å². The van der Waals surface area contributed by atoms with Crippen molar-refractivity contribution in [2.75, 3.05) is 6.61 Å². The Balaban J connectivity index is 2.12. The Labute approximate surface area is 189 Å². The second-order valence-electron chi connectivity index (χ2n) is 6.35. The average molecular weight is 534 g/mol. The van der Waals surface area contributed by atoms with Crippen molar-refractivity contribution in [3.63, 3.8) is 0 Å². The van der Waals surface area contributed by atoms with Gasteiger partial charge in [0.2, 0.25) is 5.88 Å². The number of aliphatic carboxylic acids is 1. The third-order valence-electron chi connectivity index (χ3n) is 4.11. The SMILES string of the molecule is Cn1c(C(F)(F)F)cc(=O)n(-c2nc(Oc3ccccc3OCC(=O)O)c(Br)cc2F)c1=O. The van der Waals surface area contributed by atoms with Crippen molar-refractivity contribution in [2.45, 2.75) is 6.18 Å². The number of hydrogen-bond donors (Lipinski definition) is 1. The van der Waals surface area contributed by atoms with Gasteiger partial charge in [0.05, 0.1) is 4.47 Å².